The van der Waals surface area contributed by atoms with Crippen LogP contribution in [0.25, 0.3) is 0 Å². The molecular formula is C8H14O2. The lowest BCUT2D eigenvalue weighted by molar-refractivity contribution is 0.150. The van der Waals surface area contributed by atoms with Gasteiger partial charge in [0.1, 0.15) is 0 Å². The van der Waals surface area contributed by atoms with E-state index in [9.17, 15) is 0 Å². The van der Waals surface area contributed by atoms with E-state index in [1.54, 1.807) is 0 Å². The summed E-state index contributed by atoms with van der Waals surface area (Å²) >= 11 is 0. The second-order valence-electron chi connectivity index (χ2n) is 3.27. The van der Waals surface area contributed by atoms with Crippen LogP contribution in [0.4, 0.5) is 0 Å². The summed E-state index contributed by atoms with van der Waals surface area (Å²) in [5.41, 5.74) is 0.247. The average molecular weight is 142 g/mol. The molecular weight excluding hydrogens is 128 g/mol. The van der Waals surface area contributed by atoms with Crippen LogP contribution in [0.15, 0.2) is 0 Å². The summed E-state index contributed by atoms with van der Waals surface area (Å²) in [6.45, 7) is 5.03. The van der Waals surface area contributed by atoms with Crippen LogP contribution in [-0.4, -0.2) is 25.4 Å². The van der Waals surface area contributed by atoms with Crippen LogP contribution in [0.1, 0.15) is 19.8 Å². The first-order valence-corrected chi connectivity index (χ1v) is 4.09. The lowest BCUT2D eigenvalue weighted by atomic mass is 9.90. The van der Waals surface area contributed by atoms with E-state index >= 15 is 0 Å². The molecule has 0 aromatic heterocycles. The Balaban J connectivity index is 1.96. The first-order chi connectivity index (χ1) is 4.87. The molecule has 2 atom stereocenters. The number of hydrogen-bond acceptors (Lipinski definition) is 2. The van der Waals surface area contributed by atoms with Gasteiger partial charge >= 0.3 is 0 Å². The van der Waals surface area contributed by atoms with Crippen LogP contribution in [0, 0.1) is 5.92 Å². The van der Waals surface area contributed by atoms with Gasteiger partial charge in [0.05, 0.1) is 18.8 Å². The smallest absolute Gasteiger partial charge is 0.0964 e. The number of ether oxygens (including phenoxy) is 2. The van der Waals surface area contributed by atoms with Gasteiger partial charge in [-0.25, -0.2) is 0 Å². The third kappa shape index (κ3) is 0.867. The van der Waals surface area contributed by atoms with Crippen LogP contribution >= 0.6 is 0 Å². The maximum Gasteiger partial charge on any atom is 0.0964 e. The van der Waals surface area contributed by atoms with Crippen molar-refractivity contribution in [2.24, 2.45) is 5.92 Å². The highest BCUT2D eigenvalue weighted by Crippen LogP contribution is 2.42. The molecule has 0 aromatic rings. The van der Waals surface area contributed by atoms with Gasteiger partial charge in [0.15, 0.2) is 0 Å². The highest BCUT2D eigenvalue weighted by atomic mass is 16.6. The molecule has 0 amide bonds. The van der Waals surface area contributed by atoms with Crippen molar-refractivity contribution in [3.8, 4) is 0 Å². The molecule has 0 aromatic carbocycles. The molecule has 58 valence electrons. The molecule has 0 bridgehead atoms. The second-order valence-corrected chi connectivity index (χ2v) is 3.27. The maximum atomic E-state index is 5.45. The highest BCUT2D eigenvalue weighted by Gasteiger charge is 2.50. The zero-order valence-electron chi connectivity index (χ0n) is 6.43. The molecule has 0 spiro atoms. The molecule has 2 unspecified atom stereocenters. The lowest BCUT2D eigenvalue weighted by Gasteiger charge is -2.14. The summed E-state index contributed by atoms with van der Waals surface area (Å²) < 4.78 is 10.8. The minimum absolute atomic E-state index is 0.247. The number of epoxide rings is 1. The van der Waals surface area contributed by atoms with E-state index in [-0.39, 0.29) is 5.60 Å². The monoisotopic (exact) mass is 142 g/mol. The lowest BCUT2D eigenvalue weighted by Crippen LogP contribution is -2.23. The SMILES string of the molecule is CCC1(C2CCOC2)CO1. The van der Waals surface area contributed by atoms with Crippen molar-refractivity contribution in [2.45, 2.75) is 25.4 Å². The van der Waals surface area contributed by atoms with E-state index in [0.29, 0.717) is 5.92 Å². The third-order valence-corrected chi connectivity index (χ3v) is 2.79. The van der Waals surface area contributed by atoms with E-state index < -0.39 is 0 Å². The summed E-state index contributed by atoms with van der Waals surface area (Å²) in [5, 5.41) is 0. The second kappa shape index (κ2) is 2.21. The third-order valence-electron chi connectivity index (χ3n) is 2.79. The van der Waals surface area contributed by atoms with Crippen molar-refractivity contribution in [2.75, 3.05) is 19.8 Å². The van der Waals surface area contributed by atoms with Crippen LogP contribution < -0.4 is 0 Å². The Kier molecular flexibility index (Phi) is 1.46. The molecule has 2 fully saturated rings. The molecule has 0 N–H and O–H groups in total. The van der Waals surface area contributed by atoms with Gasteiger partial charge in [-0.2, -0.15) is 0 Å². The molecule has 0 radical (unpaired) electrons. The predicted octanol–water partition coefficient (Wildman–Crippen LogP) is 1.20. The van der Waals surface area contributed by atoms with Crippen molar-refractivity contribution in [1.29, 1.82) is 0 Å². The molecule has 2 aliphatic heterocycles. The minimum Gasteiger partial charge on any atom is -0.381 e. The minimum atomic E-state index is 0.247. The van der Waals surface area contributed by atoms with Crippen molar-refractivity contribution in [1.82, 2.24) is 0 Å². The van der Waals surface area contributed by atoms with Crippen LogP contribution in [0.5, 0.6) is 0 Å². The van der Waals surface area contributed by atoms with Gasteiger partial charge in [-0.15, -0.1) is 0 Å². The van der Waals surface area contributed by atoms with Gasteiger partial charge in [-0.3, -0.25) is 0 Å². The topological polar surface area (TPSA) is 21.8 Å². The van der Waals surface area contributed by atoms with Gasteiger partial charge in [-0.1, -0.05) is 6.92 Å². The Morgan fingerprint density at radius 3 is 2.80 bits per heavy atom. The molecule has 0 aliphatic carbocycles. The number of hydrogen-bond donors (Lipinski definition) is 0. The normalized spacial score (nSPS) is 45.9. The highest BCUT2D eigenvalue weighted by molar-refractivity contribution is 4.98. The van der Waals surface area contributed by atoms with Gasteiger partial charge < -0.3 is 9.47 Å². The van der Waals surface area contributed by atoms with Crippen molar-refractivity contribution < 1.29 is 9.47 Å². The Bertz CT molecular complexity index is 123. The zero-order chi connectivity index (χ0) is 7.03. The average Bonchev–Trinajstić information content (AvgIpc) is 2.58. The van der Waals surface area contributed by atoms with Crippen LogP contribution in [0.3, 0.4) is 0 Å². The van der Waals surface area contributed by atoms with E-state index in [0.717, 1.165) is 26.2 Å². The van der Waals surface area contributed by atoms with Gasteiger partial charge in [-0.05, 0) is 12.8 Å². The van der Waals surface area contributed by atoms with E-state index in [1.807, 2.05) is 0 Å². The van der Waals surface area contributed by atoms with Crippen LogP contribution in [-0.2, 0) is 9.47 Å². The largest absolute Gasteiger partial charge is 0.381 e. The predicted molar refractivity (Wildman–Crippen MR) is 37.9 cm³/mol. The summed E-state index contributed by atoms with van der Waals surface area (Å²) in [6.07, 6.45) is 2.36. The summed E-state index contributed by atoms with van der Waals surface area (Å²) in [6, 6.07) is 0. The zero-order valence-corrected chi connectivity index (χ0v) is 6.43. The summed E-state index contributed by atoms with van der Waals surface area (Å²) in [4.78, 5) is 0. The Morgan fingerprint density at radius 1 is 1.60 bits per heavy atom. The van der Waals surface area contributed by atoms with Crippen molar-refractivity contribution >= 4 is 0 Å². The molecule has 2 nitrogen and oxygen atoms in total. The van der Waals surface area contributed by atoms with E-state index in [1.165, 1.54) is 6.42 Å². The standard InChI is InChI=1S/C8H14O2/c1-2-8(6-10-8)7-3-4-9-5-7/h7H,2-6H2,1H3. The van der Waals surface area contributed by atoms with Gasteiger partial charge in [0.25, 0.3) is 0 Å². The van der Waals surface area contributed by atoms with Gasteiger partial charge in [0.2, 0.25) is 0 Å². The van der Waals surface area contributed by atoms with Gasteiger partial charge in [0, 0.05) is 12.5 Å². The quantitative estimate of drug-likeness (QED) is 0.540. The molecule has 2 aliphatic rings. The van der Waals surface area contributed by atoms with Crippen molar-refractivity contribution in [3.63, 3.8) is 0 Å². The van der Waals surface area contributed by atoms with Crippen LogP contribution in [0.2, 0.25) is 0 Å². The van der Waals surface area contributed by atoms with E-state index in [2.05, 4.69) is 6.92 Å². The first kappa shape index (κ1) is 6.62. The first-order valence-electron chi connectivity index (χ1n) is 4.09. The fourth-order valence-corrected chi connectivity index (χ4v) is 1.77. The maximum absolute atomic E-state index is 5.45. The summed E-state index contributed by atoms with van der Waals surface area (Å²) in [7, 11) is 0. The molecule has 10 heavy (non-hydrogen) atoms. The number of rotatable bonds is 2. The molecule has 2 rings (SSSR count). The molecule has 2 heteroatoms. The Labute approximate surface area is 61.5 Å². The Hall–Kier alpha value is -0.0800. The molecule has 2 heterocycles. The Morgan fingerprint density at radius 2 is 2.40 bits per heavy atom. The fourth-order valence-electron chi connectivity index (χ4n) is 1.77. The molecule has 0 saturated carbocycles. The summed E-state index contributed by atoms with van der Waals surface area (Å²) in [5.74, 6) is 0.692. The fraction of sp³-hybridized carbons (Fsp3) is 1.00. The van der Waals surface area contributed by atoms with E-state index in [4.69, 9.17) is 9.47 Å². The molecule has 2 saturated heterocycles. The van der Waals surface area contributed by atoms with Crippen molar-refractivity contribution in [3.05, 3.63) is 0 Å².